The van der Waals surface area contributed by atoms with Gasteiger partial charge in [-0.1, -0.05) is 17.7 Å². The molecule has 7 nitrogen and oxygen atoms in total. The molecule has 1 atom stereocenters. The van der Waals surface area contributed by atoms with Crippen LogP contribution in [0.2, 0.25) is 5.15 Å². The number of fused-ring (bicyclic) bond motifs is 1. The monoisotopic (exact) mass is 433 g/mol. The molecule has 1 saturated heterocycles. The lowest BCUT2D eigenvalue weighted by Gasteiger charge is -2.34. The molecule has 0 amide bonds. The van der Waals surface area contributed by atoms with Gasteiger partial charge >= 0.3 is 0 Å². The highest BCUT2D eigenvalue weighted by Crippen LogP contribution is 2.30. The summed E-state index contributed by atoms with van der Waals surface area (Å²) in [5.41, 5.74) is 1.04. The van der Waals surface area contributed by atoms with Crippen LogP contribution in [-0.4, -0.2) is 40.9 Å². The van der Waals surface area contributed by atoms with E-state index in [0.717, 1.165) is 42.3 Å². The first-order valence-electron chi connectivity index (χ1n) is 9.83. The summed E-state index contributed by atoms with van der Waals surface area (Å²) in [6.45, 7) is 4.87. The van der Waals surface area contributed by atoms with Crippen LogP contribution >= 0.6 is 23.8 Å². The summed E-state index contributed by atoms with van der Waals surface area (Å²) in [6, 6.07) is 8.09. The molecular weight excluding hydrogens is 410 g/mol. The van der Waals surface area contributed by atoms with Crippen LogP contribution in [0.4, 0.5) is 11.8 Å². The number of halogens is 1. The molecule has 9 heteroatoms. The van der Waals surface area contributed by atoms with E-state index < -0.39 is 0 Å². The van der Waals surface area contributed by atoms with Gasteiger partial charge in [0.2, 0.25) is 5.95 Å². The molecule has 1 aromatic heterocycles. The Morgan fingerprint density at radius 1 is 1.21 bits per heavy atom. The van der Waals surface area contributed by atoms with Crippen molar-refractivity contribution in [3.63, 3.8) is 0 Å². The van der Waals surface area contributed by atoms with Crippen LogP contribution in [0.1, 0.15) is 31.7 Å². The number of ether oxygens (including phenoxy) is 2. The Balaban J connectivity index is 1.38. The Labute approximate surface area is 180 Å². The van der Waals surface area contributed by atoms with E-state index in [4.69, 9.17) is 33.3 Å². The van der Waals surface area contributed by atoms with E-state index in [1.165, 1.54) is 6.42 Å². The summed E-state index contributed by atoms with van der Waals surface area (Å²) >= 11 is 11.6. The second-order valence-corrected chi connectivity index (χ2v) is 7.99. The molecule has 0 aliphatic carbocycles. The minimum Gasteiger partial charge on any atom is -0.486 e. The smallest absolute Gasteiger partial charge is 0.232 e. The van der Waals surface area contributed by atoms with E-state index in [-0.39, 0.29) is 0 Å². The van der Waals surface area contributed by atoms with E-state index >= 15 is 0 Å². The molecule has 4 rings (SSSR count). The summed E-state index contributed by atoms with van der Waals surface area (Å²) < 4.78 is 11.2. The number of hydrogen-bond acceptors (Lipinski definition) is 6. The Kier molecular flexibility index (Phi) is 6.20. The van der Waals surface area contributed by atoms with Crippen LogP contribution in [0.5, 0.6) is 11.5 Å². The highest BCUT2D eigenvalue weighted by Gasteiger charge is 2.21. The van der Waals surface area contributed by atoms with Crippen molar-refractivity contribution in [2.75, 3.05) is 30.0 Å². The van der Waals surface area contributed by atoms with Gasteiger partial charge in [-0.25, -0.2) is 4.98 Å². The lowest BCUT2D eigenvalue weighted by Crippen LogP contribution is -2.38. The highest BCUT2D eigenvalue weighted by molar-refractivity contribution is 7.80. The number of piperidine rings is 1. The number of thiocarbonyl (C=S) groups is 1. The van der Waals surface area contributed by atoms with Crippen molar-refractivity contribution in [3.05, 3.63) is 35.0 Å². The average Bonchev–Trinajstić information content (AvgIpc) is 2.72. The van der Waals surface area contributed by atoms with Gasteiger partial charge in [0, 0.05) is 25.2 Å². The summed E-state index contributed by atoms with van der Waals surface area (Å²) in [4.78, 5) is 11.1. The van der Waals surface area contributed by atoms with Crippen LogP contribution in [0.25, 0.3) is 0 Å². The number of benzene rings is 1. The van der Waals surface area contributed by atoms with E-state index in [9.17, 15) is 0 Å². The fourth-order valence-electron chi connectivity index (χ4n) is 3.57. The largest absolute Gasteiger partial charge is 0.486 e. The zero-order valence-electron chi connectivity index (χ0n) is 16.3. The lowest BCUT2D eigenvalue weighted by atomic mass is 10.0. The second-order valence-electron chi connectivity index (χ2n) is 7.20. The molecule has 0 radical (unpaired) electrons. The van der Waals surface area contributed by atoms with Gasteiger partial charge in [-0.15, -0.1) is 0 Å². The predicted molar refractivity (Wildman–Crippen MR) is 118 cm³/mol. The quantitative estimate of drug-likeness (QED) is 0.557. The van der Waals surface area contributed by atoms with Gasteiger partial charge < -0.3 is 25.0 Å². The third-order valence-electron chi connectivity index (χ3n) is 5.06. The van der Waals surface area contributed by atoms with Crippen molar-refractivity contribution in [1.82, 2.24) is 15.3 Å². The molecule has 2 aliphatic rings. The number of nitrogens with one attached hydrogen (secondary N) is 2. The van der Waals surface area contributed by atoms with Gasteiger partial charge in [-0.05, 0) is 56.1 Å². The topological polar surface area (TPSA) is 71.5 Å². The molecule has 0 bridgehead atoms. The minimum absolute atomic E-state index is 0.393. The van der Waals surface area contributed by atoms with Gasteiger partial charge in [0.25, 0.3) is 0 Å². The van der Waals surface area contributed by atoms with Gasteiger partial charge in [0.15, 0.2) is 16.6 Å². The van der Waals surface area contributed by atoms with Crippen molar-refractivity contribution < 1.29 is 9.47 Å². The van der Waals surface area contributed by atoms with Gasteiger partial charge in [0.05, 0.1) is 0 Å². The summed E-state index contributed by atoms with van der Waals surface area (Å²) in [5, 5.41) is 7.03. The molecule has 29 heavy (non-hydrogen) atoms. The minimum atomic E-state index is 0.393. The lowest BCUT2D eigenvalue weighted by molar-refractivity contribution is 0.171. The fourth-order valence-corrected chi connectivity index (χ4v) is 3.91. The maximum absolute atomic E-state index is 6.23. The van der Waals surface area contributed by atoms with Crippen molar-refractivity contribution in [2.45, 2.75) is 38.8 Å². The van der Waals surface area contributed by atoms with Crippen molar-refractivity contribution in [2.24, 2.45) is 0 Å². The SMILES string of the molecule is C[C@H]1CCCCN1c1cc(Cl)nc(NC(=S)NCc2ccc3c(c2)OCCO3)n1. The second kappa shape index (κ2) is 9.00. The summed E-state index contributed by atoms with van der Waals surface area (Å²) in [5.74, 6) is 2.75. The van der Waals surface area contributed by atoms with Gasteiger partial charge in [0.1, 0.15) is 24.2 Å². The maximum Gasteiger partial charge on any atom is 0.232 e. The first-order chi connectivity index (χ1) is 14.1. The Bertz CT molecular complexity index is 897. The van der Waals surface area contributed by atoms with Crippen LogP contribution in [0, 0.1) is 0 Å². The normalized spacial score (nSPS) is 18.3. The van der Waals surface area contributed by atoms with Gasteiger partial charge in [-0.2, -0.15) is 4.98 Å². The first kappa shape index (κ1) is 20.0. The number of hydrogen-bond donors (Lipinski definition) is 2. The zero-order valence-corrected chi connectivity index (χ0v) is 17.9. The average molecular weight is 434 g/mol. The number of rotatable bonds is 4. The predicted octanol–water partition coefficient (Wildman–Crippen LogP) is 3.77. The van der Waals surface area contributed by atoms with E-state index in [1.54, 1.807) is 6.07 Å². The van der Waals surface area contributed by atoms with Crippen LogP contribution in [0.15, 0.2) is 24.3 Å². The standard InChI is InChI=1S/C20H24ClN5O2S/c1-13-4-2-3-7-26(13)18-11-17(21)23-19(24-18)25-20(29)22-12-14-5-6-15-16(10-14)28-9-8-27-15/h5-6,10-11,13H,2-4,7-9,12H2,1H3,(H2,22,23,24,25,29)/t13-/m0/s1. The number of nitrogens with zero attached hydrogens (tertiary/aromatic N) is 3. The van der Waals surface area contributed by atoms with Crippen molar-refractivity contribution in [3.8, 4) is 11.5 Å². The maximum atomic E-state index is 6.23. The number of anilines is 2. The molecule has 3 heterocycles. The molecule has 154 valence electrons. The van der Waals surface area contributed by atoms with Crippen LogP contribution in [0.3, 0.4) is 0 Å². The van der Waals surface area contributed by atoms with E-state index in [0.29, 0.717) is 42.0 Å². The molecule has 1 fully saturated rings. The Morgan fingerprint density at radius 3 is 2.86 bits per heavy atom. The summed E-state index contributed by atoms with van der Waals surface area (Å²) in [6.07, 6.45) is 3.56. The molecule has 1 aromatic carbocycles. The highest BCUT2D eigenvalue weighted by atomic mass is 35.5. The molecule has 0 spiro atoms. The molecule has 2 N–H and O–H groups in total. The third-order valence-corrected chi connectivity index (χ3v) is 5.50. The molecule has 0 saturated carbocycles. The molecule has 2 aliphatic heterocycles. The molecule has 2 aromatic rings. The molecular formula is C20H24ClN5O2S. The van der Waals surface area contributed by atoms with Crippen molar-refractivity contribution in [1.29, 1.82) is 0 Å². The third kappa shape index (κ3) is 5.00. The first-order valence-corrected chi connectivity index (χ1v) is 10.6. The van der Waals surface area contributed by atoms with Crippen molar-refractivity contribution >= 4 is 40.7 Å². The van der Waals surface area contributed by atoms with E-state index in [2.05, 4.69) is 32.4 Å². The van der Waals surface area contributed by atoms with Gasteiger partial charge in [-0.3, -0.25) is 0 Å². The van der Waals surface area contributed by atoms with E-state index in [1.807, 2.05) is 18.2 Å². The Morgan fingerprint density at radius 2 is 2.03 bits per heavy atom. The van der Waals surface area contributed by atoms with Crippen LogP contribution < -0.4 is 25.0 Å². The number of aromatic nitrogens is 2. The Hall–Kier alpha value is -2.32. The summed E-state index contributed by atoms with van der Waals surface area (Å²) in [7, 11) is 0. The zero-order chi connectivity index (χ0) is 20.2. The molecule has 0 unspecified atom stereocenters. The van der Waals surface area contributed by atoms with Crippen LogP contribution in [-0.2, 0) is 6.54 Å². The fraction of sp³-hybridized carbons (Fsp3) is 0.450.